The molecule has 7 nitrogen and oxygen atoms in total. The number of aryl methyl sites for hydroxylation is 1. The molecule has 0 radical (unpaired) electrons. The van der Waals surface area contributed by atoms with E-state index in [1.54, 1.807) is 28.8 Å². The third-order valence-electron chi connectivity index (χ3n) is 5.05. The Kier molecular flexibility index (Phi) is 5.83. The second-order valence-electron chi connectivity index (χ2n) is 7.29. The number of ether oxygens (including phenoxy) is 2. The van der Waals surface area contributed by atoms with Crippen LogP contribution in [0.4, 0.5) is 23.4 Å². The maximum Gasteiger partial charge on any atom is 0.573 e. The molecule has 0 unspecified atom stereocenters. The minimum Gasteiger partial charge on any atom is -0.403 e. The van der Waals surface area contributed by atoms with Gasteiger partial charge in [0.2, 0.25) is 5.82 Å². The Labute approximate surface area is 179 Å². The number of hydrogen-bond acceptors (Lipinski definition) is 5. The summed E-state index contributed by atoms with van der Waals surface area (Å²) >= 11 is 0. The number of benzene rings is 2. The molecule has 1 aromatic heterocycles. The third-order valence-corrected chi connectivity index (χ3v) is 5.05. The van der Waals surface area contributed by atoms with Gasteiger partial charge >= 0.3 is 12.2 Å². The Hall–Kier alpha value is -3.47. The van der Waals surface area contributed by atoms with Crippen LogP contribution in [0.3, 0.4) is 0 Å². The first-order chi connectivity index (χ1) is 15.2. The Morgan fingerprint density at radius 1 is 1.16 bits per heavy atom. The maximum absolute atomic E-state index is 13.9. The van der Waals surface area contributed by atoms with Crippen molar-refractivity contribution in [3.63, 3.8) is 0 Å². The number of imidazole rings is 1. The molecule has 2 heterocycles. The predicted molar refractivity (Wildman–Crippen MR) is 104 cm³/mol. The van der Waals surface area contributed by atoms with Gasteiger partial charge in [0.25, 0.3) is 0 Å². The molecule has 0 bridgehead atoms. The summed E-state index contributed by atoms with van der Waals surface area (Å²) in [6.07, 6.45) is -2.40. The Morgan fingerprint density at radius 2 is 1.88 bits per heavy atom. The summed E-state index contributed by atoms with van der Waals surface area (Å²) in [5.74, 6) is -1.50. The van der Waals surface area contributed by atoms with E-state index in [4.69, 9.17) is 4.74 Å². The standard InChI is InChI=1S/C21H17F4N3O4/c22-17-9-15(5-7-18(17)32-21(23,24)25)14-3-1-13(2-4-14)12-31-16-6-8-19-26-20(28(29)30)11-27(19)10-16/h1-5,7,9,11,16H,6,8,10,12H2/t16-/m1/s1. The van der Waals surface area contributed by atoms with Gasteiger partial charge in [-0.05, 0) is 45.2 Å². The molecule has 1 atom stereocenters. The van der Waals surface area contributed by atoms with Crippen molar-refractivity contribution in [3.05, 3.63) is 76.0 Å². The normalized spacial score (nSPS) is 15.9. The maximum atomic E-state index is 13.9. The van der Waals surface area contributed by atoms with Crippen LogP contribution in [0, 0.1) is 15.9 Å². The molecule has 0 fully saturated rings. The molecule has 0 amide bonds. The molecule has 3 aromatic rings. The number of alkyl halides is 3. The smallest absolute Gasteiger partial charge is 0.403 e. The topological polar surface area (TPSA) is 79.4 Å². The van der Waals surface area contributed by atoms with Gasteiger partial charge in [-0.15, -0.1) is 13.2 Å². The molecule has 1 aliphatic heterocycles. The Bertz CT molecular complexity index is 1130. The van der Waals surface area contributed by atoms with Crippen LogP contribution in [0.25, 0.3) is 11.1 Å². The van der Waals surface area contributed by atoms with Gasteiger partial charge in [0.1, 0.15) is 6.20 Å². The molecule has 4 rings (SSSR count). The van der Waals surface area contributed by atoms with Gasteiger partial charge in [-0.25, -0.2) is 4.39 Å². The number of rotatable bonds is 6. The second kappa shape index (κ2) is 8.58. The summed E-state index contributed by atoms with van der Waals surface area (Å²) in [5, 5.41) is 10.9. The molecule has 0 saturated carbocycles. The fourth-order valence-electron chi connectivity index (χ4n) is 3.52. The average Bonchev–Trinajstić information content (AvgIpc) is 3.17. The van der Waals surface area contributed by atoms with E-state index in [2.05, 4.69) is 9.72 Å². The summed E-state index contributed by atoms with van der Waals surface area (Å²) in [5.41, 5.74) is 1.89. The molecule has 32 heavy (non-hydrogen) atoms. The molecule has 11 heteroatoms. The molecule has 0 N–H and O–H groups in total. The van der Waals surface area contributed by atoms with Crippen LogP contribution >= 0.6 is 0 Å². The first kappa shape index (κ1) is 21.8. The van der Waals surface area contributed by atoms with Gasteiger partial charge in [0, 0.05) is 6.42 Å². The Balaban J connectivity index is 1.36. The van der Waals surface area contributed by atoms with Crippen LogP contribution in [0.2, 0.25) is 0 Å². The summed E-state index contributed by atoms with van der Waals surface area (Å²) in [4.78, 5) is 14.3. The van der Waals surface area contributed by atoms with Gasteiger partial charge < -0.3 is 24.2 Å². The highest BCUT2D eigenvalue weighted by Gasteiger charge is 2.32. The zero-order chi connectivity index (χ0) is 22.9. The first-order valence-electron chi connectivity index (χ1n) is 9.64. The van der Waals surface area contributed by atoms with Crippen molar-refractivity contribution >= 4 is 5.82 Å². The molecular weight excluding hydrogens is 434 g/mol. The van der Waals surface area contributed by atoms with Crippen LogP contribution in [-0.2, 0) is 24.3 Å². The van der Waals surface area contributed by atoms with Crippen molar-refractivity contribution in [1.82, 2.24) is 9.55 Å². The van der Waals surface area contributed by atoms with Crippen molar-refractivity contribution in [2.75, 3.05) is 0 Å². The van der Waals surface area contributed by atoms with Crippen LogP contribution in [0.5, 0.6) is 5.75 Å². The molecule has 0 aliphatic carbocycles. The van der Waals surface area contributed by atoms with Crippen LogP contribution in [0.1, 0.15) is 17.8 Å². The minimum atomic E-state index is -4.96. The number of aromatic nitrogens is 2. The SMILES string of the molecule is O=[N+]([O-])c1cn2c(n1)CC[C@@H](OCc1ccc(-c3ccc(OC(F)(F)F)c(F)c3)cc1)C2. The molecular formula is C21H17F4N3O4. The minimum absolute atomic E-state index is 0.119. The van der Waals surface area contributed by atoms with Crippen molar-refractivity contribution in [2.45, 2.75) is 38.5 Å². The molecule has 168 valence electrons. The highest BCUT2D eigenvalue weighted by Crippen LogP contribution is 2.30. The highest BCUT2D eigenvalue weighted by molar-refractivity contribution is 5.64. The van der Waals surface area contributed by atoms with Crippen LogP contribution in [-0.4, -0.2) is 26.9 Å². The average molecular weight is 451 g/mol. The lowest BCUT2D eigenvalue weighted by atomic mass is 10.0. The molecule has 0 saturated heterocycles. The third kappa shape index (κ3) is 5.05. The van der Waals surface area contributed by atoms with E-state index in [-0.39, 0.29) is 11.9 Å². The largest absolute Gasteiger partial charge is 0.573 e. The van der Waals surface area contributed by atoms with Crippen molar-refractivity contribution < 1.29 is 32.0 Å². The molecule has 1 aliphatic rings. The van der Waals surface area contributed by atoms with E-state index in [1.165, 1.54) is 12.3 Å². The fourth-order valence-corrected chi connectivity index (χ4v) is 3.52. The Morgan fingerprint density at radius 3 is 2.53 bits per heavy atom. The van der Waals surface area contributed by atoms with E-state index < -0.39 is 22.9 Å². The summed E-state index contributed by atoms with van der Waals surface area (Å²) in [7, 11) is 0. The van der Waals surface area contributed by atoms with Crippen LogP contribution in [0.15, 0.2) is 48.7 Å². The van der Waals surface area contributed by atoms with E-state index in [0.29, 0.717) is 42.9 Å². The lowest BCUT2D eigenvalue weighted by Gasteiger charge is -2.22. The monoisotopic (exact) mass is 451 g/mol. The van der Waals surface area contributed by atoms with Crippen molar-refractivity contribution in [3.8, 4) is 16.9 Å². The van der Waals surface area contributed by atoms with Crippen molar-refractivity contribution in [2.24, 2.45) is 0 Å². The van der Waals surface area contributed by atoms with Gasteiger partial charge in [0.05, 0.1) is 19.3 Å². The van der Waals surface area contributed by atoms with E-state index >= 15 is 0 Å². The number of nitro groups is 1. The zero-order valence-electron chi connectivity index (χ0n) is 16.5. The van der Waals surface area contributed by atoms with E-state index in [1.807, 2.05) is 0 Å². The van der Waals surface area contributed by atoms with E-state index in [9.17, 15) is 27.7 Å². The summed E-state index contributed by atoms with van der Waals surface area (Å²) in [6.45, 7) is 0.781. The summed E-state index contributed by atoms with van der Waals surface area (Å²) in [6, 6.07) is 10.3. The second-order valence-corrected chi connectivity index (χ2v) is 7.29. The number of fused-ring (bicyclic) bond motifs is 1. The van der Waals surface area contributed by atoms with Crippen molar-refractivity contribution in [1.29, 1.82) is 0 Å². The highest BCUT2D eigenvalue weighted by atomic mass is 19.4. The van der Waals surface area contributed by atoms with Gasteiger partial charge in [-0.2, -0.15) is 0 Å². The zero-order valence-corrected chi connectivity index (χ0v) is 16.5. The molecule has 2 aromatic carbocycles. The van der Waals surface area contributed by atoms with E-state index in [0.717, 1.165) is 17.7 Å². The lowest BCUT2D eigenvalue weighted by molar-refractivity contribution is -0.389. The van der Waals surface area contributed by atoms with Gasteiger partial charge in [-0.3, -0.25) is 0 Å². The van der Waals surface area contributed by atoms with Gasteiger partial charge in [-0.1, -0.05) is 30.3 Å². The first-order valence-corrected chi connectivity index (χ1v) is 9.64. The van der Waals surface area contributed by atoms with Gasteiger partial charge in [0.15, 0.2) is 11.6 Å². The van der Waals surface area contributed by atoms with Crippen LogP contribution < -0.4 is 4.74 Å². The summed E-state index contributed by atoms with van der Waals surface area (Å²) < 4.78 is 62.0. The lowest BCUT2D eigenvalue weighted by Crippen LogP contribution is -2.26. The number of halogens is 4. The fraction of sp³-hybridized carbons (Fsp3) is 0.286. The predicted octanol–water partition coefficient (Wildman–Crippen LogP) is 5.03. The molecule has 0 spiro atoms. The number of nitrogens with zero attached hydrogens (tertiary/aromatic N) is 3. The number of hydrogen-bond donors (Lipinski definition) is 0. The quantitative estimate of drug-likeness (QED) is 0.299.